The van der Waals surface area contributed by atoms with Gasteiger partial charge in [-0.05, 0) is 44.1 Å². The fourth-order valence-electron chi connectivity index (χ4n) is 2.81. The summed E-state index contributed by atoms with van der Waals surface area (Å²) in [6, 6.07) is 0.866. The van der Waals surface area contributed by atoms with Crippen molar-refractivity contribution in [2.24, 2.45) is 11.8 Å². The summed E-state index contributed by atoms with van der Waals surface area (Å²) >= 11 is 0. The third-order valence-electron chi connectivity index (χ3n) is 4.08. The maximum absolute atomic E-state index is 3.78. The third-order valence-corrected chi connectivity index (χ3v) is 4.08. The van der Waals surface area contributed by atoms with Gasteiger partial charge in [-0.3, -0.25) is 0 Å². The van der Waals surface area contributed by atoms with Crippen molar-refractivity contribution in [3.63, 3.8) is 0 Å². The van der Waals surface area contributed by atoms with Crippen molar-refractivity contribution in [1.29, 1.82) is 0 Å². The molecule has 0 heterocycles. The van der Waals surface area contributed by atoms with E-state index in [2.05, 4.69) is 12.2 Å². The van der Waals surface area contributed by atoms with Gasteiger partial charge in [0.1, 0.15) is 0 Å². The molecule has 13 heavy (non-hydrogen) atoms. The standard InChI is InChI=1S/C12H23N/c1-2-11-7-4-8-12(11)13-9-10-5-3-6-10/h10-13H,2-9H2,1H3. The second-order valence-electron chi connectivity index (χ2n) is 4.91. The molecular formula is C12H23N. The Morgan fingerprint density at radius 1 is 1.08 bits per heavy atom. The quantitative estimate of drug-likeness (QED) is 0.703. The number of rotatable bonds is 4. The van der Waals surface area contributed by atoms with Crippen LogP contribution in [0.3, 0.4) is 0 Å². The lowest BCUT2D eigenvalue weighted by atomic mass is 9.85. The van der Waals surface area contributed by atoms with Crippen LogP contribution in [0.2, 0.25) is 0 Å². The van der Waals surface area contributed by atoms with Gasteiger partial charge in [0.25, 0.3) is 0 Å². The van der Waals surface area contributed by atoms with Gasteiger partial charge in [-0.25, -0.2) is 0 Å². The molecule has 2 unspecified atom stereocenters. The van der Waals surface area contributed by atoms with Crippen LogP contribution >= 0.6 is 0 Å². The summed E-state index contributed by atoms with van der Waals surface area (Å²) in [6.07, 6.45) is 10.2. The zero-order valence-corrected chi connectivity index (χ0v) is 8.89. The van der Waals surface area contributed by atoms with Crippen molar-refractivity contribution in [2.75, 3.05) is 6.54 Å². The van der Waals surface area contributed by atoms with E-state index in [1.165, 1.54) is 51.5 Å². The molecule has 76 valence electrons. The average Bonchev–Trinajstić information content (AvgIpc) is 2.49. The minimum Gasteiger partial charge on any atom is -0.313 e. The molecule has 0 radical (unpaired) electrons. The van der Waals surface area contributed by atoms with Crippen LogP contribution in [0.1, 0.15) is 51.9 Å². The number of nitrogens with one attached hydrogen (secondary N) is 1. The first-order chi connectivity index (χ1) is 6.40. The summed E-state index contributed by atoms with van der Waals surface area (Å²) in [5.74, 6) is 2.01. The summed E-state index contributed by atoms with van der Waals surface area (Å²) in [4.78, 5) is 0. The Morgan fingerprint density at radius 3 is 2.46 bits per heavy atom. The van der Waals surface area contributed by atoms with Gasteiger partial charge < -0.3 is 5.32 Å². The summed E-state index contributed by atoms with van der Waals surface area (Å²) in [5.41, 5.74) is 0. The zero-order chi connectivity index (χ0) is 9.10. The summed E-state index contributed by atoms with van der Waals surface area (Å²) in [5, 5.41) is 3.78. The molecular weight excluding hydrogens is 158 g/mol. The maximum atomic E-state index is 3.78. The third kappa shape index (κ3) is 2.25. The van der Waals surface area contributed by atoms with E-state index in [4.69, 9.17) is 0 Å². The second kappa shape index (κ2) is 4.45. The van der Waals surface area contributed by atoms with E-state index in [1.54, 1.807) is 0 Å². The van der Waals surface area contributed by atoms with Gasteiger partial charge in [-0.1, -0.05) is 26.2 Å². The van der Waals surface area contributed by atoms with Gasteiger partial charge in [-0.2, -0.15) is 0 Å². The lowest BCUT2D eigenvalue weighted by molar-refractivity contribution is 0.273. The molecule has 1 heteroatoms. The Kier molecular flexibility index (Phi) is 3.26. The Labute approximate surface area is 82.3 Å². The summed E-state index contributed by atoms with van der Waals surface area (Å²) in [7, 11) is 0. The van der Waals surface area contributed by atoms with Gasteiger partial charge in [-0.15, -0.1) is 0 Å². The molecule has 1 N–H and O–H groups in total. The monoisotopic (exact) mass is 181 g/mol. The highest BCUT2D eigenvalue weighted by atomic mass is 14.9. The van der Waals surface area contributed by atoms with E-state index in [0.29, 0.717) is 0 Å². The normalized spacial score (nSPS) is 34.8. The molecule has 0 bridgehead atoms. The van der Waals surface area contributed by atoms with E-state index in [1.807, 2.05) is 0 Å². The van der Waals surface area contributed by atoms with Crippen LogP contribution < -0.4 is 5.32 Å². The molecule has 0 aromatic carbocycles. The van der Waals surface area contributed by atoms with Crippen molar-refractivity contribution in [3.05, 3.63) is 0 Å². The van der Waals surface area contributed by atoms with Crippen molar-refractivity contribution >= 4 is 0 Å². The van der Waals surface area contributed by atoms with E-state index in [9.17, 15) is 0 Å². The van der Waals surface area contributed by atoms with Gasteiger partial charge in [0.05, 0.1) is 0 Å². The van der Waals surface area contributed by atoms with E-state index in [-0.39, 0.29) is 0 Å². The molecule has 2 rings (SSSR count). The smallest absolute Gasteiger partial charge is 0.00953 e. The van der Waals surface area contributed by atoms with Crippen molar-refractivity contribution in [2.45, 2.75) is 57.9 Å². The van der Waals surface area contributed by atoms with Crippen LogP contribution in [0.4, 0.5) is 0 Å². The topological polar surface area (TPSA) is 12.0 Å². The Balaban J connectivity index is 1.67. The molecule has 0 spiro atoms. The van der Waals surface area contributed by atoms with Crippen LogP contribution in [-0.2, 0) is 0 Å². The van der Waals surface area contributed by atoms with Gasteiger partial charge in [0.2, 0.25) is 0 Å². The van der Waals surface area contributed by atoms with Crippen LogP contribution in [0.5, 0.6) is 0 Å². The lowest BCUT2D eigenvalue weighted by Gasteiger charge is -2.29. The SMILES string of the molecule is CCC1CCCC1NCC1CCC1. The number of hydrogen-bond donors (Lipinski definition) is 1. The first-order valence-electron chi connectivity index (χ1n) is 6.13. The van der Waals surface area contributed by atoms with Crippen LogP contribution in [0.15, 0.2) is 0 Å². The molecule has 2 fully saturated rings. The highest BCUT2D eigenvalue weighted by Gasteiger charge is 2.26. The molecule has 2 saturated carbocycles. The highest BCUT2D eigenvalue weighted by molar-refractivity contribution is 4.84. The van der Waals surface area contributed by atoms with Crippen molar-refractivity contribution < 1.29 is 0 Å². The highest BCUT2D eigenvalue weighted by Crippen LogP contribution is 2.30. The Morgan fingerprint density at radius 2 is 1.85 bits per heavy atom. The molecule has 0 aromatic heterocycles. The lowest BCUT2D eigenvalue weighted by Crippen LogP contribution is -2.37. The first kappa shape index (κ1) is 9.51. The predicted molar refractivity (Wildman–Crippen MR) is 56.8 cm³/mol. The zero-order valence-electron chi connectivity index (χ0n) is 8.89. The van der Waals surface area contributed by atoms with Crippen LogP contribution in [0, 0.1) is 11.8 Å². The average molecular weight is 181 g/mol. The second-order valence-corrected chi connectivity index (χ2v) is 4.91. The fourth-order valence-corrected chi connectivity index (χ4v) is 2.81. The van der Waals surface area contributed by atoms with Crippen LogP contribution in [0.25, 0.3) is 0 Å². The molecule has 0 aliphatic heterocycles. The van der Waals surface area contributed by atoms with Gasteiger partial charge >= 0.3 is 0 Å². The Bertz CT molecular complexity index is 151. The maximum Gasteiger partial charge on any atom is 0.00953 e. The van der Waals surface area contributed by atoms with Gasteiger partial charge in [0.15, 0.2) is 0 Å². The molecule has 0 aromatic rings. The van der Waals surface area contributed by atoms with Crippen LogP contribution in [-0.4, -0.2) is 12.6 Å². The predicted octanol–water partition coefficient (Wildman–Crippen LogP) is 2.95. The van der Waals surface area contributed by atoms with E-state index in [0.717, 1.165) is 17.9 Å². The van der Waals surface area contributed by atoms with Gasteiger partial charge in [0, 0.05) is 6.04 Å². The molecule has 2 aliphatic carbocycles. The van der Waals surface area contributed by atoms with E-state index < -0.39 is 0 Å². The fraction of sp³-hybridized carbons (Fsp3) is 1.00. The molecule has 1 nitrogen and oxygen atoms in total. The molecule has 2 aliphatic rings. The molecule has 0 saturated heterocycles. The summed E-state index contributed by atoms with van der Waals surface area (Å²) in [6.45, 7) is 3.65. The summed E-state index contributed by atoms with van der Waals surface area (Å²) < 4.78 is 0. The number of hydrogen-bond acceptors (Lipinski definition) is 1. The minimum absolute atomic E-state index is 0.866. The van der Waals surface area contributed by atoms with Crippen molar-refractivity contribution in [1.82, 2.24) is 5.32 Å². The minimum atomic E-state index is 0.866. The first-order valence-corrected chi connectivity index (χ1v) is 6.13. The Hall–Kier alpha value is -0.0400. The largest absolute Gasteiger partial charge is 0.313 e. The van der Waals surface area contributed by atoms with Crippen molar-refractivity contribution in [3.8, 4) is 0 Å². The van der Waals surface area contributed by atoms with E-state index >= 15 is 0 Å². The molecule has 0 amide bonds. The molecule has 2 atom stereocenters.